The number of hydrogen-bond donors (Lipinski definition) is 0. The van der Waals surface area contributed by atoms with E-state index in [4.69, 9.17) is 23.7 Å². The van der Waals surface area contributed by atoms with Crippen molar-refractivity contribution in [2.24, 2.45) is 0 Å². The molecule has 1 saturated heterocycles. The molecule has 0 radical (unpaired) electrons. The summed E-state index contributed by atoms with van der Waals surface area (Å²) in [5.41, 5.74) is 0.978. The van der Waals surface area contributed by atoms with Crippen LogP contribution in [0.3, 0.4) is 0 Å². The number of ether oxygens (including phenoxy) is 5. The molecule has 0 aliphatic carbocycles. The Kier molecular flexibility index (Phi) is 8.69. The van der Waals surface area contributed by atoms with Crippen LogP contribution in [-0.2, 0) is 28.5 Å². The molecule has 0 atom stereocenters. The zero-order valence-corrected chi connectivity index (χ0v) is 11.7. The Morgan fingerprint density at radius 3 is 2.50 bits per heavy atom. The highest BCUT2D eigenvalue weighted by Gasteiger charge is 2.05. The molecule has 6 heteroatoms. The first-order valence-electron chi connectivity index (χ1n) is 6.54. The molecular formula is C14H22O6. The van der Waals surface area contributed by atoms with Gasteiger partial charge in [0.25, 0.3) is 0 Å². The molecule has 0 unspecified atom stereocenters. The van der Waals surface area contributed by atoms with Crippen molar-refractivity contribution in [3.05, 3.63) is 24.5 Å². The number of esters is 1. The highest BCUT2D eigenvalue weighted by atomic mass is 16.7. The number of rotatable bonds is 0. The van der Waals surface area contributed by atoms with Crippen LogP contribution in [0.1, 0.15) is 19.3 Å². The molecule has 0 saturated carbocycles. The zero-order valence-electron chi connectivity index (χ0n) is 11.7. The van der Waals surface area contributed by atoms with Crippen LogP contribution in [-0.4, -0.2) is 46.0 Å². The van der Waals surface area contributed by atoms with Crippen molar-refractivity contribution in [2.45, 2.75) is 19.3 Å². The molecule has 1 fully saturated rings. The van der Waals surface area contributed by atoms with Gasteiger partial charge in [0.2, 0.25) is 0 Å². The van der Waals surface area contributed by atoms with E-state index in [0.29, 0.717) is 19.0 Å². The SMILES string of the molecule is C=C1CCCOCOC(=C)COC(=O)CCOCOC1. The Balaban J connectivity index is 2.31. The second kappa shape index (κ2) is 10.4. The lowest BCUT2D eigenvalue weighted by molar-refractivity contribution is -0.146. The van der Waals surface area contributed by atoms with Gasteiger partial charge in [0, 0.05) is 0 Å². The fraction of sp³-hybridized carbons (Fsp3) is 0.643. The lowest BCUT2D eigenvalue weighted by atomic mass is 10.2. The van der Waals surface area contributed by atoms with Crippen molar-refractivity contribution in [3.63, 3.8) is 0 Å². The molecular weight excluding hydrogens is 264 g/mol. The molecule has 1 rings (SSSR count). The first-order valence-corrected chi connectivity index (χ1v) is 6.54. The monoisotopic (exact) mass is 286 g/mol. The average Bonchev–Trinajstić information content (AvgIpc) is 2.43. The van der Waals surface area contributed by atoms with E-state index in [1.807, 2.05) is 0 Å². The Morgan fingerprint density at radius 2 is 1.65 bits per heavy atom. The molecule has 0 aromatic rings. The number of hydrogen-bond acceptors (Lipinski definition) is 6. The van der Waals surface area contributed by atoms with Gasteiger partial charge < -0.3 is 23.7 Å². The van der Waals surface area contributed by atoms with Gasteiger partial charge in [-0.1, -0.05) is 18.7 Å². The van der Waals surface area contributed by atoms with E-state index >= 15 is 0 Å². The predicted octanol–water partition coefficient (Wildman–Crippen LogP) is 1.76. The first kappa shape index (κ1) is 16.7. The summed E-state index contributed by atoms with van der Waals surface area (Å²) in [5.74, 6) is -0.0132. The van der Waals surface area contributed by atoms with E-state index in [9.17, 15) is 4.79 Å². The van der Waals surface area contributed by atoms with Crippen LogP contribution >= 0.6 is 0 Å². The number of cyclic esters (lactones) is 1. The van der Waals surface area contributed by atoms with E-state index < -0.39 is 0 Å². The third-order valence-electron chi connectivity index (χ3n) is 2.48. The van der Waals surface area contributed by atoms with Crippen LogP contribution in [0.2, 0.25) is 0 Å². The highest BCUT2D eigenvalue weighted by molar-refractivity contribution is 5.69. The maximum atomic E-state index is 11.3. The summed E-state index contributed by atoms with van der Waals surface area (Å²) in [6, 6.07) is 0. The summed E-state index contributed by atoms with van der Waals surface area (Å²) in [6.45, 7) is 9.05. The van der Waals surface area contributed by atoms with Crippen LogP contribution in [0.4, 0.5) is 0 Å². The van der Waals surface area contributed by atoms with Crippen LogP contribution in [0.5, 0.6) is 0 Å². The minimum absolute atomic E-state index is 0.0233. The van der Waals surface area contributed by atoms with Crippen molar-refractivity contribution < 1.29 is 28.5 Å². The van der Waals surface area contributed by atoms with Crippen molar-refractivity contribution in [1.82, 2.24) is 0 Å². The molecule has 114 valence electrons. The summed E-state index contributed by atoms with van der Waals surface area (Å²) in [6.07, 6.45) is 1.82. The quantitative estimate of drug-likeness (QED) is 0.499. The van der Waals surface area contributed by atoms with Crippen molar-refractivity contribution in [3.8, 4) is 0 Å². The smallest absolute Gasteiger partial charge is 0.308 e. The lowest BCUT2D eigenvalue weighted by Gasteiger charge is -2.10. The van der Waals surface area contributed by atoms with Gasteiger partial charge in [0.15, 0.2) is 6.79 Å². The van der Waals surface area contributed by atoms with E-state index in [2.05, 4.69) is 13.2 Å². The topological polar surface area (TPSA) is 63.2 Å². The second-order valence-corrected chi connectivity index (χ2v) is 4.35. The Hall–Kier alpha value is -1.37. The fourth-order valence-corrected chi connectivity index (χ4v) is 1.41. The summed E-state index contributed by atoms with van der Waals surface area (Å²) < 4.78 is 25.8. The maximum Gasteiger partial charge on any atom is 0.308 e. The normalized spacial score (nSPS) is 21.7. The largest absolute Gasteiger partial charge is 0.469 e. The fourth-order valence-electron chi connectivity index (χ4n) is 1.41. The van der Waals surface area contributed by atoms with Crippen LogP contribution in [0.25, 0.3) is 0 Å². The molecule has 1 heterocycles. The molecule has 1 aliphatic heterocycles. The summed E-state index contributed by atoms with van der Waals surface area (Å²) >= 11 is 0. The van der Waals surface area contributed by atoms with Gasteiger partial charge in [-0.05, 0) is 12.8 Å². The van der Waals surface area contributed by atoms with Gasteiger partial charge in [0.05, 0.1) is 26.2 Å². The molecule has 0 spiro atoms. The van der Waals surface area contributed by atoms with Gasteiger partial charge in [-0.2, -0.15) is 0 Å². The van der Waals surface area contributed by atoms with Crippen molar-refractivity contribution in [2.75, 3.05) is 40.0 Å². The highest BCUT2D eigenvalue weighted by Crippen LogP contribution is 2.04. The minimum Gasteiger partial charge on any atom is -0.469 e. The zero-order chi connectivity index (χ0) is 14.6. The summed E-state index contributed by atoms with van der Waals surface area (Å²) in [4.78, 5) is 11.3. The van der Waals surface area contributed by atoms with Gasteiger partial charge in [0.1, 0.15) is 19.2 Å². The molecule has 0 N–H and O–H groups in total. The van der Waals surface area contributed by atoms with Crippen molar-refractivity contribution in [1.29, 1.82) is 0 Å². The van der Waals surface area contributed by atoms with Crippen LogP contribution in [0.15, 0.2) is 24.5 Å². The molecule has 0 aromatic heterocycles. The molecule has 6 nitrogen and oxygen atoms in total. The molecule has 0 bridgehead atoms. The third-order valence-corrected chi connectivity index (χ3v) is 2.48. The molecule has 1 aliphatic rings. The standard InChI is InChI=1S/C14H22O6/c1-12-4-3-6-16-11-20-13(2)9-19-14(15)5-7-17-10-18-8-12/h1-11H2. The number of carbonyl (C=O) groups is 1. The first-order chi connectivity index (χ1) is 9.68. The maximum absolute atomic E-state index is 11.3. The summed E-state index contributed by atoms with van der Waals surface area (Å²) in [5, 5.41) is 0. The second-order valence-electron chi connectivity index (χ2n) is 4.35. The van der Waals surface area contributed by atoms with E-state index in [1.54, 1.807) is 0 Å². The molecule has 0 aromatic carbocycles. The Bertz CT molecular complexity index is 296. The van der Waals surface area contributed by atoms with Gasteiger partial charge in [-0.3, -0.25) is 4.79 Å². The van der Waals surface area contributed by atoms with E-state index in [1.165, 1.54) is 0 Å². The Labute approximate surface area is 119 Å². The van der Waals surface area contributed by atoms with Crippen LogP contribution in [0, 0.1) is 0 Å². The predicted molar refractivity (Wildman–Crippen MR) is 71.8 cm³/mol. The van der Waals surface area contributed by atoms with Crippen molar-refractivity contribution >= 4 is 5.97 Å². The van der Waals surface area contributed by atoms with Gasteiger partial charge in [-0.25, -0.2) is 0 Å². The molecule has 20 heavy (non-hydrogen) atoms. The third kappa shape index (κ3) is 8.68. The van der Waals surface area contributed by atoms with Gasteiger partial charge in [-0.15, -0.1) is 0 Å². The van der Waals surface area contributed by atoms with E-state index in [0.717, 1.165) is 18.4 Å². The lowest BCUT2D eigenvalue weighted by Crippen LogP contribution is -2.12. The minimum atomic E-state index is -0.371. The molecule has 0 amide bonds. The van der Waals surface area contributed by atoms with E-state index in [-0.39, 0.29) is 39.2 Å². The summed E-state index contributed by atoms with van der Waals surface area (Å²) in [7, 11) is 0. The number of carbonyl (C=O) groups excluding carboxylic acids is 1. The average molecular weight is 286 g/mol. The Morgan fingerprint density at radius 1 is 0.850 bits per heavy atom. The van der Waals surface area contributed by atoms with Crippen LogP contribution < -0.4 is 0 Å². The van der Waals surface area contributed by atoms with Gasteiger partial charge >= 0.3 is 5.97 Å².